The third kappa shape index (κ3) is 3.16. The van der Waals surface area contributed by atoms with Gasteiger partial charge in [-0.2, -0.15) is 0 Å². The predicted octanol–water partition coefficient (Wildman–Crippen LogP) is 4.67. The molecular formula is C12H11BrClN3S. The number of anilines is 2. The summed E-state index contributed by atoms with van der Waals surface area (Å²) in [4.78, 5) is 8.45. The van der Waals surface area contributed by atoms with Gasteiger partial charge >= 0.3 is 0 Å². The smallest absolute Gasteiger partial charge is 0.190 e. The van der Waals surface area contributed by atoms with Gasteiger partial charge in [-0.25, -0.2) is 9.97 Å². The lowest BCUT2D eigenvalue weighted by Gasteiger charge is -2.10. The van der Waals surface area contributed by atoms with Gasteiger partial charge in [-0.05, 0) is 40.7 Å². The van der Waals surface area contributed by atoms with Gasteiger partial charge in [-0.1, -0.05) is 35.5 Å². The molecule has 0 fully saturated rings. The number of hydrogen-bond donors (Lipinski definition) is 1. The highest BCUT2D eigenvalue weighted by Gasteiger charge is 2.06. The first-order valence-electron chi connectivity index (χ1n) is 5.21. The number of nitrogens with one attached hydrogen (secondary N) is 1. The van der Waals surface area contributed by atoms with E-state index in [0.29, 0.717) is 16.1 Å². The highest BCUT2D eigenvalue weighted by Crippen LogP contribution is 2.29. The zero-order valence-corrected chi connectivity index (χ0v) is 13.0. The Morgan fingerprint density at radius 1 is 1.33 bits per heavy atom. The molecule has 2 rings (SSSR count). The van der Waals surface area contributed by atoms with Crippen LogP contribution >= 0.6 is 39.3 Å². The van der Waals surface area contributed by atoms with Crippen LogP contribution < -0.4 is 5.32 Å². The molecule has 0 aliphatic carbocycles. The molecule has 0 unspecified atom stereocenters. The Labute approximate surface area is 124 Å². The van der Waals surface area contributed by atoms with Crippen LogP contribution in [-0.2, 0) is 0 Å². The second-order valence-corrected chi connectivity index (χ2v) is 5.58. The summed E-state index contributed by atoms with van der Waals surface area (Å²) in [5.74, 6) is 0.686. The fraction of sp³-hybridized carbons (Fsp3) is 0.167. The van der Waals surface area contributed by atoms with Crippen molar-refractivity contribution in [3.05, 3.63) is 39.5 Å². The van der Waals surface area contributed by atoms with Crippen molar-refractivity contribution in [2.45, 2.75) is 12.1 Å². The van der Waals surface area contributed by atoms with Crippen LogP contribution in [0, 0.1) is 6.92 Å². The summed E-state index contributed by atoms with van der Waals surface area (Å²) in [6, 6.07) is 7.71. The maximum Gasteiger partial charge on any atom is 0.190 e. The molecule has 0 aliphatic rings. The average molecular weight is 345 g/mol. The summed E-state index contributed by atoms with van der Waals surface area (Å²) in [6.45, 7) is 2.04. The number of rotatable bonds is 3. The fourth-order valence-corrected chi connectivity index (χ4v) is 2.41. The second kappa shape index (κ2) is 5.91. The Kier molecular flexibility index (Phi) is 4.48. The van der Waals surface area contributed by atoms with E-state index >= 15 is 0 Å². The van der Waals surface area contributed by atoms with Crippen molar-refractivity contribution < 1.29 is 0 Å². The van der Waals surface area contributed by atoms with Crippen LogP contribution in [0.3, 0.4) is 0 Å². The molecule has 18 heavy (non-hydrogen) atoms. The molecule has 0 amide bonds. The Balaban J connectivity index is 2.34. The van der Waals surface area contributed by atoms with Gasteiger partial charge in [-0.15, -0.1) is 0 Å². The summed E-state index contributed by atoms with van der Waals surface area (Å²) in [5.41, 5.74) is 2.11. The number of aryl methyl sites for hydroxylation is 1. The lowest BCUT2D eigenvalue weighted by Crippen LogP contribution is -1.98. The van der Waals surface area contributed by atoms with Gasteiger partial charge in [-0.3, -0.25) is 0 Å². The molecular weight excluding hydrogens is 334 g/mol. The molecule has 0 aliphatic heterocycles. The highest BCUT2D eigenvalue weighted by atomic mass is 79.9. The van der Waals surface area contributed by atoms with Crippen molar-refractivity contribution in [2.75, 3.05) is 11.6 Å². The van der Waals surface area contributed by atoms with Crippen molar-refractivity contribution >= 4 is 50.8 Å². The topological polar surface area (TPSA) is 37.8 Å². The molecule has 1 aromatic heterocycles. The molecule has 0 spiro atoms. The fourth-order valence-electron chi connectivity index (χ4n) is 1.43. The van der Waals surface area contributed by atoms with E-state index in [-0.39, 0.29) is 0 Å². The number of benzene rings is 1. The lowest BCUT2D eigenvalue weighted by molar-refractivity contribution is 0.976. The molecule has 1 aromatic carbocycles. The molecule has 6 heteroatoms. The monoisotopic (exact) mass is 343 g/mol. The molecule has 94 valence electrons. The second-order valence-electron chi connectivity index (χ2n) is 3.62. The molecule has 1 N–H and O–H groups in total. The van der Waals surface area contributed by atoms with E-state index in [1.165, 1.54) is 11.8 Å². The minimum absolute atomic E-state index is 0.431. The number of aromatic nitrogens is 2. The van der Waals surface area contributed by atoms with Crippen LogP contribution in [0.2, 0.25) is 5.15 Å². The normalized spacial score (nSPS) is 10.4. The van der Waals surface area contributed by atoms with E-state index in [9.17, 15) is 0 Å². The molecule has 2 aromatic rings. The minimum atomic E-state index is 0.431. The quantitative estimate of drug-likeness (QED) is 0.499. The number of thioether (sulfide) groups is 1. The molecule has 1 heterocycles. The molecule has 0 atom stereocenters. The number of hydrogen-bond acceptors (Lipinski definition) is 4. The minimum Gasteiger partial charge on any atom is -0.339 e. The standard InChI is InChI=1S/C12H11BrClN3S/c1-7-4-3-5-8(11(7)13)15-10-6-9(14)16-12(17-10)18-2/h3-6H,1-2H3,(H,15,16,17). The van der Waals surface area contributed by atoms with Gasteiger partial charge in [0.2, 0.25) is 0 Å². The van der Waals surface area contributed by atoms with Crippen LogP contribution in [0.4, 0.5) is 11.5 Å². The average Bonchev–Trinajstić information content (AvgIpc) is 2.34. The molecule has 0 bridgehead atoms. The summed E-state index contributed by atoms with van der Waals surface area (Å²) >= 11 is 11.0. The van der Waals surface area contributed by atoms with E-state index < -0.39 is 0 Å². The molecule has 0 radical (unpaired) electrons. The first kappa shape index (κ1) is 13.6. The maximum absolute atomic E-state index is 5.95. The van der Waals surface area contributed by atoms with E-state index in [1.54, 1.807) is 6.07 Å². The first-order valence-corrected chi connectivity index (χ1v) is 7.60. The summed E-state index contributed by atoms with van der Waals surface area (Å²) in [7, 11) is 0. The van der Waals surface area contributed by atoms with Crippen LogP contribution in [0.5, 0.6) is 0 Å². The Hall–Kier alpha value is -0.780. The van der Waals surface area contributed by atoms with Gasteiger partial charge in [0.25, 0.3) is 0 Å². The number of nitrogens with zero attached hydrogens (tertiary/aromatic N) is 2. The maximum atomic E-state index is 5.95. The zero-order valence-electron chi connectivity index (χ0n) is 9.87. The van der Waals surface area contributed by atoms with Gasteiger partial charge in [0.1, 0.15) is 11.0 Å². The van der Waals surface area contributed by atoms with Gasteiger partial charge < -0.3 is 5.32 Å². The van der Waals surface area contributed by atoms with Gasteiger partial charge in [0.05, 0.1) is 5.69 Å². The highest BCUT2D eigenvalue weighted by molar-refractivity contribution is 9.10. The van der Waals surface area contributed by atoms with Gasteiger partial charge in [0.15, 0.2) is 5.16 Å². The SMILES string of the molecule is CSc1nc(Cl)cc(Nc2cccc(C)c2Br)n1. The Morgan fingerprint density at radius 3 is 2.83 bits per heavy atom. The Morgan fingerprint density at radius 2 is 2.11 bits per heavy atom. The summed E-state index contributed by atoms with van der Waals surface area (Å²) in [5, 5.41) is 4.31. The van der Waals surface area contributed by atoms with Crippen LogP contribution in [0.1, 0.15) is 5.56 Å². The first-order chi connectivity index (χ1) is 8.60. The van der Waals surface area contributed by atoms with Crippen LogP contribution in [-0.4, -0.2) is 16.2 Å². The van der Waals surface area contributed by atoms with Crippen molar-refractivity contribution in [1.82, 2.24) is 9.97 Å². The van der Waals surface area contributed by atoms with Crippen molar-refractivity contribution in [3.8, 4) is 0 Å². The van der Waals surface area contributed by atoms with Crippen molar-refractivity contribution in [2.24, 2.45) is 0 Å². The van der Waals surface area contributed by atoms with E-state index in [0.717, 1.165) is 15.7 Å². The van der Waals surface area contributed by atoms with E-state index in [1.807, 2.05) is 31.4 Å². The Bertz CT molecular complexity index is 577. The van der Waals surface area contributed by atoms with E-state index in [4.69, 9.17) is 11.6 Å². The largest absolute Gasteiger partial charge is 0.339 e. The summed E-state index contributed by atoms with van der Waals surface area (Å²) < 4.78 is 1.02. The molecule has 3 nitrogen and oxygen atoms in total. The van der Waals surface area contributed by atoms with Crippen molar-refractivity contribution in [3.63, 3.8) is 0 Å². The van der Waals surface area contributed by atoms with Crippen LogP contribution in [0.25, 0.3) is 0 Å². The number of halogens is 2. The lowest BCUT2D eigenvalue weighted by atomic mass is 10.2. The third-order valence-corrected chi connectivity index (χ3v) is 4.11. The zero-order chi connectivity index (χ0) is 13.1. The third-order valence-electron chi connectivity index (χ3n) is 2.31. The summed E-state index contributed by atoms with van der Waals surface area (Å²) in [6.07, 6.45) is 1.91. The van der Waals surface area contributed by atoms with E-state index in [2.05, 4.69) is 31.2 Å². The van der Waals surface area contributed by atoms with Crippen molar-refractivity contribution in [1.29, 1.82) is 0 Å². The van der Waals surface area contributed by atoms with Gasteiger partial charge in [0, 0.05) is 10.5 Å². The molecule has 0 saturated carbocycles. The molecule has 0 saturated heterocycles. The predicted molar refractivity (Wildman–Crippen MR) is 81.0 cm³/mol. The van der Waals surface area contributed by atoms with Crippen LogP contribution in [0.15, 0.2) is 33.9 Å².